The minimum atomic E-state index is -0.499. The predicted molar refractivity (Wildman–Crippen MR) is 124 cm³/mol. The first-order valence-corrected chi connectivity index (χ1v) is 10.5. The zero-order valence-electron chi connectivity index (χ0n) is 16.5. The molecule has 0 amide bonds. The number of benzene rings is 3. The van der Waals surface area contributed by atoms with Crippen LogP contribution in [0.3, 0.4) is 0 Å². The SMILES string of the molecule is O=[N+]([O-])c1ccc2[nH]c(O)c(N=Nc3nc(-c4ccc(-c5ccccc5)cc4)cs3)c2c1. The highest BCUT2D eigenvalue weighted by molar-refractivity contribution is 7.13. The molecule has 0 saturated carbocycles. The van der Waals surface area contributed by atoms with Crippen LogP contribution in [0.5, 0.6) is 5.88 Å². The molecule has 0 aliphatic carbocycles. The fourth-order valence-corrected chi connectivity index (χ4v) is 4.01. The molecule has 0 unspecified atom stereocenters. The lowest BCUT2D eigenvalue weighted by Crippen LogP contribution is -1.86. The van der Waals surface area contributed by atoms with Crippen LogP contribution in [-0.4, -0.2) is 20.0 Å². The molecule has 0 spiro atoms. The molecule has 0 atom stereocenters. The molecule has 0 aliphatic heterocycles. The first-order valence-electron chi connectivity index (χ1n) is 9.61. The molecule has 8 nitrogen and oxygen atoms in total. The topological polar surface area (TPSA) is 117 Å². The van der Waals surface area contributed by atoms with Gasteiger partial charge in [-0.2, -0.15) is 0 Å². The fourth-order valence-electron chi connectivity index (χ4n) is 3.37. The third-order valence-electron chi connectivity index (χ3n) is 4.96. The van der Waals surface area contributed by atoms with E-state index in [1.54, 1.807) is 0 Å². The van der Waals surface area contributed by atoms with Crippen molar-refractivity contribution >= 4 is 38.7 Å². The molecule has 5 rings (SSSR count). The van der Waals surface area contributed by atoms with E-state index in [1.165, 1.54) is 29.5 Å². The summed E-state index contributed by atoms with van der Waals surface area (Å²) in [6.45, 7) is 0. The van der Waals surface area contributed by atoms with Gasteiger partial charge in [0.15, 0.2) is 5.69 Å². The molecule has 5 aromatic rings. The number of non-ortho nitro benzene ring substituents is 1. The molecule has 3 aromatic carbocycles. The monoisotopic (exact) mass is 441 g/mol. The van der Waals surface area contributed by atoms with Crippen LogP contribution in [-0.2, 0) is 0 Å². The largest absolute Gasteiger partial charge is 0.493 e. The quantitative estimate of drug-likeness (QED) is 0.174. The van der Waals surface area contributed by atoms with Crippen LogP contribution in [0.1, 0.15) is 0 Å². The predicted octanol–water partition coefficient (Wildman–Crippen LogP) is 6.99. The lowest BCUT2D eigenvalue weighted by molar-refractivity contribution is -0.384. The van der Waals surface area contributed by atoms with E-state index in [1.807, 2.05) is 47.8 Å². The van der Waals surface area contributed by atoms with Crippen LogP contribution in [0.25, 0.3) is 33.3 Å². The molecule has 2 aromatic heterocycles. The van der Waals surface area contributed by atoms with E-state index in [4.69, 9.17) is 0 Å². The zero-order valence-corrected chi connectivity index (χ0v) is 17.3. The van der Waals surface area contributed by atoms with Crippen LogP contribution in [0.4, 0.5) is 16.5 Å². The number of azo groups is 1. The van der Waals surface area contributed by atoms with Crippen molar-refractivity contribution in [3.8, 4) is 28.3 Å². The van der Waals surface area contributed by atoms with Gasteiger partial charge in [-0.05, 0) is 17.2 Å². The number of fused-ring (bicyclic) bond motifs is 1. The lowest BCUT2D eigenvalue weighted by atomic mass is 10.0. The van der Waals surface area contributed by atoms with Gasteiger partial charge in [0.05, 0.1) is 16.1 Å². The number of H-pyrrole nitrogens is 1. The molecule has 9 heteroatoms. The van der Waals surface area contributed by atoms with E-state index < -0.39 is 4.92 Å². The molecule has 0 bridgehead atoms. The molecule has 0 radical (unpaired) electrons. The van der Waals surface area contributed by atoms with Crippen molar-refractivity contribution < 1.29 is 10.0 Å². The maximum atomic E-state index is 11.1. The highest BCUT2D eigenvalue weighted by Gasteiger charge is 2.15. The normalized spacial score (nSPS) is 11.4. The van der Waals surface area contributed by atoms with Crippen molar-refractivity contribution in [1.82, 2.24) is 9.97 Å². The molecular weight excluding hydrogens is 426 g/mol. The summed E-state index contributed by atoms with van der Waals surface area (Å²) >= 11 is 1.31. The lowest BCUT2D eigenvalue weighted by Gasteiger charge is -2.02. The zero-order chi connectivity index (χ0) is 22.1. The Kier molecular flexibility index (Phi) is 4.92. The minimum absolute atomic E-state index is 0.0940. The van der Waals surface area contributed by atoms with E-state index in [-0.39, 0.29) is 17.3 Å². The van der Waals surface area contributed by atoms with Crippen molar-refractivity contribution in [1.29, 1.82) is 0 Å². The average Bonchev–Trinajstić information content (AvgIpc) is 3.41. The van der Waals surface area contributed by atoms with Gasteiger partial charge in [0, 0.05) is 28.5 Å². The summed E-state index contributed by atoms with van der Waals surface area (Å²) in [6.07, 6.45) is 0. The molecule has 0 aliphatic rings. The Hall–Kier alpha value is -4.37. The molecular formula is C23H15N5O3S. The van der Waals surface area contributed by atoms with E-state index in [0.29, 0.717) is 16.0 Å². The number of thiazole rings is 1. The number of rotatable bonds is 5. The fraction of sp³-hybridized carbons (Fsp3) is 0. The van der Waals surface area contributed by atoms with Gasteiger partial charge in [0.25, 0.3) is 5.69 Å². The van der Waals surface area contributed by atoms with E-state index >= 15 is 0 Å². The Morgan fingerprint density at radius 1 is 0.938 bits per heavy atom. The first kappa shape index (κ1) is 19.6. The number of nitrogens with one attached hydrogen (secondary N) is 1. The van der Waals surface area contributed by atoms with Gasteiger partial charge in [-0.3, -0.25) is 10.1 Å². The van der Waals surface area contributed by atoms with Gasteiger partial charge in [-0.15, -0.1) is 21.6 Å². The summed E-state index contributed by atoms with van der Waals surface area (Å²) in [6, 6.07) is 22.4. The molecule has 156 valence electrons. The smallest absolute Gasteiger partial charge is 0.270 e. The highest BCUT2D eigenvalue weighted by atomic mass is 32.1. The number of aromatic nitrogens is 2. The maximum Gasteiger partial charge on any atom is 0.270 e. The average molecular weight is 441 g/mol. The van der Waals surface area contributed by atoms with Gasteiger partial charge in [0.2, 0.25) is 11.0 Å². The second kappa shape index (κ2) is 8.05. The standard InChI is InChI=1S/C23H15N5O3S/c29-22-21(18-12-17(28(30)31)10-11-19(18)24-22)26-27-23-25-20(13-32-23)16-8-6-15(7-9-16)14-4-2-1-3-5-14/h1-13,24,29H. The van der Waals surface area contributed by atoms with E-state index in [0.717, 1.165) is 22.4 Å². The van der Waals surface area contributed by atoms with Crippen LogP contribution in [0.2, 0.25) is 0 Å². The van der Waals surface area contributed by atoms with Crippen molar-refractivity contribution in [2.45, 2.75) is 0 Å². The molecule has 2 N–H and O–H groups in total. The Labute approximate surface area is 185 Å². The highest BCUT2D eigenvalue weighted by Crippen LogP contribution is 2.38. The third kappa shape index (κ3) is 3.72. The summed E-state index contributed by atoms with van der Waals surface area (Å²) in [4.78, 5) is 17.8. The summed E-state index contributed by atoms with van der Waals surface area (Å²) in [5.41, 5.74) is 4.55. The van der Waals surface area contributed by atoms with E-state index in [9.17, 15) is 15.2 Å². The van der Waals surface area contributed by atoms with Crippen LogP contribution >= 0.6 is 11.3 Å². The van der Waals surface area contributed by atoms with E-state index in [2.05, 4.69) is 32.3 Å². The number of aromatic amines is 1. The summed E-state index contributed by atoms with van der Waals surface area (Å²) in [5, 5.41) is 32.1. The summed E-state index contributed by atoms with van der Waals surface area (Å²) in [5.74, 6) is -0.211. The second-order valence-electron chi connectivity index (χ2n) is 6.97. The van der Waals surface area contributed by atoms with Gasteiger partial charge in [0.1, 0.15) is 0 Å². The molecule has 2 heterocycles. The number of nitrogens with zero attached hydrogens (tertiary/aromatic N) is 4. The first-order chi connectivity index (χ1) is 15.6. The van der Waals surface area contributed by atoms with Crippen molar-refractivity contribution in [2.75, 3.05) is 0 Å². The summed E-state index contributed by atoms with van der Waals surface area (Å²) < 4.78 is 0. The molecule has 0 saturated heterocycles. The second-order valence-corrected chi connectivity index (χ2v) is 7.80. The van der Waals surface area contributed by atoms with Crippen LogP contribution < -0.4 is 0 Å². The van der Waals surface area contributed by atoms with Crippen molar-refractivity contribution in [3.05, 3.63) is 88.3 Å². The molecule has 0 fully saturated rings. The Morgan fingerprint density at radius 3 is 2.41 bits per heavy atom. The number of hydrogen-bond acceptors (Lipinski definition) is 7. The number of aromatic hydroxyl groups is 1. The Morgan fingerprint density at radius 2 is 1.66 bits per heavy atom. The number of nitro benzene ring substituents is 1. The molecule has 32 heavy (non-hydrogen) atoms. The van der Waals surface area contributed by atoms with Crippen molar-refractivity contribution in [3.63, 3.8) is 0 Å². The minimum Gasteiger partial charge on any atom is -0.493 e. The summed E-state index contributed by atoms with van der Waals surface area (Å²) in [7, 11) is 0. The van der Waals surface area contributed by atoms with Crippen LogP contribution in [0.15, 0.2) is 88.4 Å². The maximum absolute atomic E-state index is 11.1. The Balaban J connectivity index is 1.40. The van der Waals surface area contributed by atoms with Gasteiger partial charge in [-0.1, -0.05) is 54.6 Å². The van der Waals surface area contributed by atoms with Gasteiger partial charge >= 0.3 is 0 Å². The van der Waals surface area contributed by atoms with Gasteiger partial charge < -0.3 is 10.1 Å². The number of nitro groups is 1. The Bertz CT molecular complexity index is 1460. The van der Waals surface area contributed by atoms with Gasteiger partial charge in [-0.25, -0.2) is 4.98 Å². The number of hydrogen-bond donors (Lipinski definition) is 2. The third-order valence-corrected chi connectivity index (χ3v) is 5.69. The van der Waals surface area contributed by atoms with Crippen LogP contribution in [0, 0.1) is 10.1 Å². The van der Waals surface area contributed by atoms with Crippen molar-refractivity contribution in [2.24, 2.45) is 10.2 Å².